The third-order valence-corrected chi connectivity index (χ3v) is 3.06. The van der Waals surface area contributed by atoms with Crippen LogP contribution in [0.15, 0.2) is 60.7 Å². The summed E-state index contributed by atoms with van der Waals surface area (Å²) >= 11 is 0. The summed E-state index contributed by atoms with van der Waals surface area (Å²) in [6, 6.07) is 18.6. The number of carbonyl (C=O) groups is 1. The first-order valence-electron chi connectivity index (χ1n) is 6.67. The Bertz CT molecular complexity index is 600. The molecule has 0 heterocycles. The van der Waals surface area contributed by atoms with Crippen molar-refractivity contribution in [2.24, 2.45) is 0 Å². The minimum absolute atomic E-state index is 0.00142. The van der Waals surface area contributed by atoms with Crippen LogP contribution in [0.3, 0.4) is 0 Å². The first kappa shape index (κ1) is 14.1. The second-order valence-electron chi connectivity index (χ2n) is 4.97. The van der Waals surface area contributed by atoms with Crippen molar-refractivity contribution in [2.75, 3.05) is 14.1 Å². The zero-order chi connectivity index (χ0) is 14.4. The first-order chi connectivity index (χ1) is 9.65. The van der Waals surface area contributed by atoms with Crippen LogP contribution in [0.1, 0.15) is 16.7 Å². The number of benzene rings is 2. The Hall–Kier alpha value is -2.35. The lowest BCUT2D eigenvalue weighted by atomic mass is 10.0. The Morgan fingerprint density at radius 1 is 1.00 bits per heavy atom. The number of amides is 1. The van der Waals surface area contributed by atoms with E-state index >= 15 is 0 Å². The fourth-order valence-electron chi connectivity index (χ4n) is 1.95. The third kappa shape index (κ3) is 4.09. The van der Waals surface area contributed by atoms with E-state index in [1.807, 2.05) is 24.3 Å². The van der Waals surface area contributed by atoms with E-state index in [2.05, 4.69) is 36.4 Å². The molecule has 2 rings (SSSR count). The lowest BCUT2D eigenvalue weighted by molar-refractivity contribution is -0.123. The summed E-state index contributed by atoms with van der Waals surface area (Å²) in [4.78, 5) is 13.1. The number of likely N-dealkylation sites (N-methyl/N-ethyl adjacent to an activating group) is 1. The molecule has 0 saturated heterocycles. The summed E-state index contributed by atoms with van der Waals surface area (Å²) in [6.07, 6.45) is 4.36. The van der Waals surface area contributed by atoms with Gasteiger partial charge in [-0.05, 0) is 29.2 Å². The van der Waals surface area contributed by atoms with Crippen LogP contribution in [0.2, 0.25) is 0 Å². The Morgan fingerprint density at radius 3 is 2.40 bits per heavy atom. The van der Waals surface area contributed by atoms with Gasteiger partial charge < -0.3 is 4.90 Å². The van der Waals surface area contributed by atoms with E-state index in [9.17, 15) is 4.79 Å². The fourth-order valence-corrected chi connectivity index (χ4v) is 1.95. The number of nitrogens with zero attached hydrogens (tertiary/aromatic N) is 1. The molecule has 2 nitrogen and oxygen atoms in total. The van der Waals surface area contributed by atoms with E-state index in [-0.39, 0.29) is 5.91 Å². The smallest absolute Gasteiger partial charge is 0.246 e. The summed E-state index contributed by atoms with van der Waals surface area (Å²) in [7, 11) is 3.50. The normalized spacial score (nSPS) is 10.7. The highest BCUT2D eigenvalue weighted by molar-refractivity contribution is 5.91. The van der Waals surface area contributed by atoms with Crippen LogP contribution in [0.4, 0.5) is 0 Å². The molecule has 2 heteroatoms. The van der Waals surface area contributed by atoms with Gasteiger partial charge in [0.2, 0.25) is 5.91 Å². The molecule has 1 amide bonds. The molecular formula is C18H19NO. The lowest BCUT2D eigenvalue weighted by Gasteiger charge is -2.06. The van der Waals surface area contributed by atoms with E-state index < -0.39 is 0 Å². The average Bonchev–Trinajstić information content (AvgIpc) is 2.46. The highest BCUT2D eigenvalue weighted by atomic mass is 16.2. The minimum Gasteiger partial charge on any atom is -0.345 e. The molecular weight excluding hydrogens is 246 g/mol. The topological polar surface area (TPSA) is 20.3 Å². The van der Waals surface area contributed by atoms with Crippen molar-refractivity contribution in [3.63, 3.8) is 0 Å². The monoisotopic (exact) mass is 265 g/mol. The van der Waals surface area contributed by atoms with Crippen LogP contribution in [-0.4, -0.2) is 24.9 Å². The van der Waals surface area contributed by atoms with Crippen molar-refractivity contribution in [1.29, 1.82) is 0 Å². The molecule has 2 aromatic rings. The van der Waals surface area contributed by atoms with Gasteiger partial charge in [-0.3, -0.25) is 4.79 Å². The average molecular weight is 265 g/mol. The van der Waals surface area contributed by atoms with Gasteiger partial charge in [0, 0.05) is 20.2 Å². The second-order valence-corrected chi connectivity index (χ2v) is 4.97. The molecule has 102 valence electrons. The molecule has 0 unspecified atom stereocenters. The van der Waals surface area contributed by atoms with Crippen LogP contribution in [0.25, 0.3) is 6.08 Å². The van der Waals surface area contributed by atoms with Crippen LogP contribution >= 0.6 is 0 Å². The van der Waals surface area contributed by atoms with Crippen molar-refractivity contribution < 1.29 is 4.79 Å². The first-order valence-corrected chi connectivity index (χ1v) is 6.67. The third-order valence-electron chi connectivity index (χ3n) is 3.06. The number of hydrogen-bond donors (Lipinski definition) is 0. The molecule has 0 spiro atoms. The summed E-state index contributed by atoms with van der Waals surface area (Å²) in [5.41, 5.74) is 3.59. The van der Waals surface area contributed by atoms with Gasteiger partial charge in [-0.25, -0.2) is 0 Å². The molecule has 2 aromatic carbocycles. The summed E-state index contributed by atoms with van der Waals surface area (Å²) in [5, 5.41) is 0. The molecule has 0 aliphatic heterocycles. The Morgan fingerprint density at radius 2 is 1.70 bits per heavy atom. The Labute approximate surface area is 120 Å². The van der Waals surface area contributed by atoms with Gasteiger partial charge in [-0.2, -0.15) is 0 Å². The van der Waals surface area contributed by atoms with Crippen molar-refractivity contribution in [3.8, 4) is 0 Å². The predicted molar refractivity (Wildman–Crippen MR) is 83.4 cm³/mol. The highest BCUT2D eigenvalue weighted by Crippen LogP contribution is 2.12. The largest absolute Gasteiger partial charge is 0.345 e. The van der Waals surface area contributed by atoms with E-state index in [0.29, 0.717) is 0 Å². The predicted octanol–water partition coefficient (Wildman–Crippen LogP) is 3.38. The van der Waals surface area contributed by atoms with Gasteiger partial charge in [0.05, 0.1) is 0 Å². The van der Waals surface area contributed by atoms with E-state index in [1.165, 1.54) is 11.1 Å². The summed E-state index contributed by atoms with van der Waals surface area (Å²) < 4.78 is 0. The highest BCUT2D eigenvalue weighted by Gasteiger charge is 1.99. The number of hydrogen-bond acceptors (Lipinski definition) is 1. The lowest BCUT2D eigenvalue weighted by Crippen LogP contribution is -2.18. The molecule has 0 aliphatic rings. The van der Waals surface area contributed by atoms with E-state index in [1.54, 1.807) is 25.1 Å². The quantitative estimate of drug-likeness (QED) is 0.776. The molecule has 0 saturated carbocycles. The standard InChI is InChI=1S/C18H19NO/c1-19(2)18(20)12-11-16-9-6-10-17(14-16)13-15-7-4-3-5-8-15/h3-12,14H,13H2,1-2H3. The van der Waals surface area contributed by atoms with Gasteiger partial charge in [0.15, 0.2) is 0 Å². The Balaban J connectivity index is 2.10. The van der Waals surface area contributed by atoms with Gasteiger partial charge >= 0.3 is 0 Å². The van der Waals surface area contributed by atoms with Crippen LogP contribution < -0.4 is 0 Å². The summed E-state index contributed by atoms with van der Waals surface area (Å²) in [6.45, 7) is 0. The zero-order valence-electron chi connectivity index (χ0n) is 11.9. The molecule has 0 N–H and O–H groups in total. The molecule has 0 atom stereocenters. The molecule has 0 aromatic heterocycles. The minimum atomic E-state index is -0.00142. The molecule has 0 bridgehead atoms. The molecule has 0 aliphatic carbocycles. The fraction of sp³-hybridized carbons (Fsp3) is 0.167. The van der Waals surface area contributed by atoms with Crippen molar-refractivity contribution in [3.05, 3.63) is 77.4 Å². The molecule has 0 radical (unpaired) electrons. The second kappa shape index (κ2) is 6.71. The molecule has 20 heavy (non-hydrogen) atoms. The Kier molecular flexibility index (Phi) is 4.72. The van der Waals surface area contributed by atoms with Gasteiger partial charge in [0.25, 0.3) is 0 Å². The maximum atomic E-state index is 11.5. The van der Waals surface area contributed by atoms with Crippen molar-refractivity contribution in [2.45, 2.75) is 6.42 Å². The number of rotatable bonds is 4. The van der Waals surface area contributed by atoms with Crippen LogP contribution in [-0.2, 0) is 11.2 Å². The maximum absolute atomic E-state index is 11.5. The van der Waals surface area contributed by atoms with Gasteiger partial charge in [-0.1, -0.05) is 54.6 Å². The van der Waals surface area contributed by atoms with Crippen LogP contribution in [0.5, 0.6) is 0 Å². The van der Waals surface area contributed by atoms with E-state index in [0.717, 1.165) is 12.0 Å². The summed E-state index contributed by atoms with van der Waals surface area (Å²) in [5.74, 6) is -0.00142. The SMILES string of the molecule is CN(C)C(=O)C=Cc1cccc(Cc2ccccc2)c1. The maximum Gasteiger partial charge on any atom is 0.246 e. The van der Waals surface area contributed by atoms with Gasteiger partial charge in [-0.15, -0.1) is 0 Å². The molecule has 0 fully saturated rings. The van der Waals surface area contributed by atoms with E-state index in [4.69, 9.17) is 0 Å². The van der Waals surface area contributed by atoms with Crippen molar-refractivity contribution >= 4 is 12.0 Å². The van der Waals surface area contributed by atoms with Crippen LogP contribution in [0, 0.1) is 0 Å². The number of carbonyl (C=O) groups excluding carboxylic acids is 1. The van der Waals surface area contributed by atoms with Crippen molar-refractivity contribution in [1.82, 2.24) is 4.90 Å². The van der Waals surface area contributed by atoms with Gasteiger partial charge in [0.1, 0.15) is 0 Å². The zero-order valence-corrected chi connectivity index (χ0v) is 11.9.